The summed E-state index contributed by atoms with van der Waals surface area (Å²) < 4.78 is 10.2. The molecule has 2 rings (SSSR count). The number of carboxylic acids is 1. The van der Waals surface area contributed by atoms with Crippen LogP contribution in [-0.2, 0) is 19.1 Å². The molecule has 22 heavy (non-hydrogen) atoms. The number of benzene rings is 1. The predicted molar refractivity (Wildman–Crippen MR) is 75.3 cm³/mol. The minimum atomic E-state index is -1.06. The molecule has 1 aromatic rings. The van der Waals surface area contributed by atoms with Gasteiger partial charge in [0.05, 0.1) is 0 Å². The number of nitrogens with two attached hydrogens (primary N) is 1. The predicted octanol–water partition coefficient (Wildman–Crippen LogP) is 0.121. The summed E-state index contributed by atoms with van der Waals surface area (Å²) in [6.07, 6.45) is -1.03. The lowest BCUT2D eigenvalue weighted by Crippen LogP contribution is -2.29. The van der Waals surface area contributed by atoms with E-state index in [0.717, 1.165) is 0 Å². The Morgan fingerprint density at radius 3 is 2.41 bits per heavy atom. The van der Waals surface area contributed by atoms with Gasteiger partial charge in [0.1, 0.15) is 11.9 Å². The number of anilines is 1. The van der Waals surface area contributed by atoms with E-state index in [1.165, 1.54) is 0 Å². The van der Waals surface area contributed by atoms with Gasteiger partial charge in [0.2, 0.25) is 0 Å². The van der Waals surface area contributed by atoms with Gasteiger partial charge in [0.25, 0.3) is 11.8 Å². The first-order valence-corrected chi connectivity index (χ1v) is 6.66. The van der Waals surface area contributed by atoms with E-state index in [0.29, 0.717) is 24.3 Å². The molecule has 1 heterocycles. The number of rotatable bonds is 6. The largest absolute Gasteiger partial charge is 0.484 e. The molecule has 118 valence electrons. The summed E-state index contributed by atoms with van der Waals surface area (Å²) in [5, 5.41) is 11.5. The van der Waals surface area contributed by atoms with Crippen molar-refractivity contribution in [2.24, 2.45) is 5.73 Å². The van der Waals surface area contributed by atoms with Crippen LogP contribution in [0.25, 0.3) is 0 Å². The fourth-order valence-electron chi connectivity index (χ4n) is 2.02. The van der Waals surface area contributed by atoms with Crippen LogP contribution < -0.4 is 15.8 Å². The first kappa shape index (κ1) is 15.8. The highest BCUT2D eigenvalue weighted by Crippen LogP contribution is 2.22. The zero-order valence-electron chi connectivity index (χ0n) is 11.7. The van der Waals surface area contributed by atoms with E-state index >= 15 is 0 Å². The highest BCUT2D eigenvalue weighted by atomic mass is 16.5. The molecule has 8 nitrogen and oxygen atoms in total. The molecule has 4 N–H and O–H groups in total. The topological polar surface area (TPSA) is 128 Å². The second-order valence-corrected chi connectivity index (χ2v) is 4.80. The molecule has 1 aliphatic heterocycles. The fraction of sp³-hybridized carbons (Fsp3) is 0.357. The molecule has 2 amide bonds. The molecule has 0 radical (unpaired) electrons. The number of primary amides is 1. The van der Waals surface area contributed by atoms with Crippen molar-refractivity contribution in [1.29, 1.82) is 0 Å². The maximum Gasteiger partial charge on any atom is 0.332 e. The van der Waals surface area contributed by atoms with Crippen molar-refractivity contribution in [1.82, 2.24) is 0 Å². The highest BCUT2D eigenvalue weighted by Gasteiger charge is 2.34. The molecule has 0 spiro atoms. The van der Waals surface area contributed by atoms with Crippen LogP contribution in [0.15, 0.2) is 24.3 Å². The van der Waals surface area contributed by atoms with E-state index in [-0.39, 0.29) is 6.61 Å². The Morgan fingerprint density at radius 1 is 1.23 bits per heavy atom. The van der Waals surface area contributed by atoms with E-state index in [9.17, 15) is 14.4 Å². The molecule has 8 heteroatoms. The Balaban J connectivity index is 1.87. The molecule has 1 fully saturated rings. The summed E-state index contributed by atoms with van der Waals surface area (Å²) in [6, 6.07) is 6.35. The van der Waals surface area contributed by atoms with Crippen LogP contribution in [0, 0.1) is 0 Å². The van der Waals surface area contributed by atoms with E-state index in [2.05, 4.69) is 5.32 Å². The zero-order valence-corrected chi connectivity index (χ0v) is 11.7. The number of aliphatic carboxylic acids is 1. The molecule has 0 unspecified atom stereocenters. The molecular formula is C14H16N2O6. The van der Waals surface area contributed by atoms with E-state index < -0.39 is 30.0 Å². The number of hydrogen-bond donors (Lipinski definition) is 3. The van der Waals surface area contributed by atoms with Crippen molar-refractivity contribution in [2.45, 2.75) is 25.0 Å². The molecule has 0 saturated carbocycles. The van der Waals surface area contributed by atoms with Crippen molar-refractivity contribution in [3.05, 3.63) is 24.3 Å². The molecule has 1 saturated heterocycles. The summed E-state index contributed by atoms with van der Waals surface area (Å²) >= 11 is 0. The summed E-state index contributed by atoms with van der Waals surface area (Å²) in [5.74, 6) is -1.59. The van der Waals surface area contributed by atoms with Gasteiger partial charge in [0, 0.05) is 5.69 Å². The Hall–Kier alpha value is -2.61. The standard InChI is InChI=1S/C14H16N2O6/c15-12(17)7-21-9-3-1-8(2-4-9)16-13(18)10-5-6-11(22-10)14(19)20/h1-4,10-11H,5-7H2,(H2,15,17)(H,16,18)(H,19,20)/t10-,11+/m0/s1. The third kappa shape index (κ3) is 4.19. The van der Waals surface area contributed by atoms with Crippen molar-refractivity contribution < 1.29 is 29.0 Å². The molecule has 0 bridgehead atoms. The lowest BCUT2D eigenvalue weighted by atomic mass is 10.2. The first-order chi connectivity index (χ1) is 10.5. The van der Waals surface area contributed by atoms with Crippen molar-refractivity contribution in [2.75, 3.05) is 11.9 Å². The highest BCUT2D eigenvalue weighted by molar-refractivity contribution is 5.94. The Bertz CT molecular complexity index is 571. The summed E-state index contributed by atoms with van der Waals surface area (Å²) in [7, 11) is 0. The molecule has 1 aromatic carbocycles. The SMILES string of the molecule is NC(=O)COc1ccc(NC(=O)[C@@H]2CC[C@H](C(=O)O)O2)cc1. The van der Waals surface area contributed by atoms with Crippen LogP contribution in [0.2, 0.25) is 0 Å². The normalized spacial score (nSPS) is 20.4. The van der Waals surface area contributed by atoms with Crippen LogP contribution in [0.4, 0.5) is 5.69 Å². The summed E-state index contributed by atoms with van der Waals surface area (Å²) in [6.45, 7) is -0.224. The average molecular weight is 308 g/mol. The number of carbonyl (C=O) groups is 3. The zero-order chi connectivity index (χ0) is 16.1. The van der Waals surface area contributed by atoms with Gasteiger partial charge in [-0.3, -0.25) is 9.59 Å². The third-order valence-electron chi connectivity index (χ3n) is 3.09. The van der Waals surface area contributed by atoms with Gasteiger partial charge in [-0.2, -0.15) is 0 Å². The lowest BCUT2D eigenvalue weighted by Gasteiger charge is -2.12. The number of carboxylic acid groups (broad SMARTS) is 1. The van der Waals surface area contributed by atoms with Gasteiger partial charge >= 0.3 is 5.97 Å². The quantitative estimate of drug-likeness (QED) is 0.685. The Kier molecular flexibility index (Phi) is 4.95. The second kappa shape index (κ2) is 6.90. The fourth-order valence-corrected chi connectivity index (χ4v) is 2.02. The van der Waals surface area contributed by atoms with Crippen molar-refractivity contribution >= 4 is 23.5 Å². The van der Waals surface area contributed by atoms with Crippen LogP contribution in [0.5, 0.6) is 5.75 Å². The van der Waals surface area contributed by atoms with Gasteiger partial charge < -0.3 is 25.6 Å². The number of ether oxygens (including phenoxy) is 2. The van der Waals surface area contributed by atoms with Gasteiger partial charge in [-0.25, -0.2) is 4.79 Å². The van der Waals surface area contributed by atoms with Crippen LogP contribution in [-0.4, -0.2) is 41.7 Å². The van der Waals surface area contributed by atoms with E-state index in [4.69, 9.17) is 20.3 Å². The number of nitrogens with one attached hydrogen (secondary N) is 1. The van der Waals surface area contributed by atoms with Gasteiger partial charge in [-0.05, 0) is 37.1 Å². The number of amides is 2. The molecule has 2 atom stereocenters. The maximum absolute atomic E-state index is 12.0. The van der Waals surface area contributed by atoms with E-state index in [1.807, 2.05) is 0 Å². The maximum atomic E-state index is 12.0. The molecule has 0 aliphatic carbocycles. The Morgan fingerprint density at radius 2 is 1.86 bits per heavy atom. The smallest absolute Gasteiger partial charge is 0.332 e. The van der Waals surface area contributed by atoms with Gasteiger partial charge in [-0.1, -0.05) is 0 Å². The van der Waals surface area contributed by atoms with Gasteiger partial charge in [0.15, 0.2) is 12.7 Å². The van der Waals surface area contributed by atoms with E-state index in [1.54, 1.807) is 24.3 Å². The summed E-state index contributed by atoms with van der Waals surface area (Å²) in [5.41, 5.74) is 5.47. The lowest BCUT2D eigenvalue weighted by molar-refractivity contribution is -0.150. The van der Waals surface area contributed by atoms with Crippen molar-refractivity contribution in [3.8, 4) is 5.75 Å². The average Bonchev–Trinajstić information content (AvgIpc) is 2.96. The monoisotopic (exact) mass is 308 g/mol. The molecule has 1 aliphatic rings. The van der Waals surface area contributed by atoms with Crippen LogP contribution in [0.3, 0.4) is 0 Å². The Labute approximate surface area is 126 Å². The minimum Gasteiger partial charge on any atom is -0.484 e. The minimum absolute atomic E-state index is 0.224. The molecule has 0 aromatic heterocycles. The van der Waals surface area contributed by atoms with Crippen LogP contribution >= 0.6 is 0 Å². The van der Waals surface area contributed by atoms with Crippen molar-refractivity contribution in [3.63, 3.8) is 0 Å². The second-order valence-electron chi connectivity index (χ2n) is 4.80. The van der Waals surface area contributed by atoms with Gasteiger partial charge in [-0.15, -0.1) is 0 Å². The number of carbonyl (C=O) groups excluding carboxylic acids is 2. The third-order valence-corrected chi connectivity index (χ3v) is 3.09. The van der Waals surface area contributed by atoms with Crippen LogP contribution in [0.1, 0.15) is 12.8 Å². The summed E-state index contributed by atoms with van der Waals surface area (Å²) in [4.78, 5) is 33.3. The number of hydrogen-bond acceptors (Lipinski definition) is 5. The molecular weight excluding hydrogens is 292 g/mol. The first-order valence-electron chi connectivity index (χ1n) is 6.66.